The number of amides is 1. The first-order chi connectivity index (χ1) is 15.3. The normalized spacial score (nSPS) is 33.4. The maximum Gasteiger partial charge on any atom is 0.296 e. The number of ether oxygens (including phenoxy) is 3. The maximum absolute atomic E-state index is 13.0. The smallest absolute Gasteiger partial charge is 0.296 e. The number of hydrogen-bond acceptors (Lipinski definition) is 6. The molecule has 4 aliphatic heterocycles. The van der Waals surface area contributed by atoms with E-state index in [9.17, 15) is 4.79 Å². The Bertz CT molecular complexity index is 1070. The summed E-state index contributed by atoms with van der Waals surface area (Å²) in [4.78, 5) is 24.2. The summed E-state index contributed by atoms with van der Waals surface area (Å²) in [7, 11) is 1.65. The minimum atomic E-state index is -0.906. The molecule has 3 atom stereocenters. The Balaban J connectivity index is 1.17. The van der Waals surface area contributed by atoms with Crippen LogP contribution in [0.1, 0.15) is 37.8 Å². The highest BCUT2D eigenvalue weighted by molar-refractivity contribution is 6.02. The summed E-state index contributed by atoms with van der Waals surface area (Å²) in [5.74, 6) is 0.904. The fourth-order valence-electron chi connectivity index (χ4n) is 6.28. The van der Waals surface area contributed by atoms with Gasteiger partial charge in [0.05, 0.1) is 24.4 Å². The van der Waals surface area contributed by atoms with Gasteiger partial charge in [-0.25, -0.2) is 0 Å². The molecule has 7 nitrogen and oxygen atoms in total. The van der Waals surface area contributed by atoms with Gasteiger partial charge in [-0.2, -0.15) is 4.99 Å². The van der Waals surface area contributed by atoms with Crippen LogP contribution in [0.4, 0.5) is 0 Å². The van der Waals surface area contributed by atoms with Crippen LogP contribution in [-0.2, 0) is 27.1 Å². The van der Waals surface area contributed by atoms with Gasteiger partial charge in [0.1, 0.15) is 5.75 Å². The molecular weight excluding hydrogens is 406 g/mol. The van der Waals surface area contributed by atoms with Crippen LogP contribution in [0.5, 0.6) is 5.75 Å². The summed E-state index contributed by atoms with van der Waals surface area (Å²) in [6, 6.07) is 6.58. The van der Waals surface area contributed by atoms with E-state index >= 15 is 0 Å². The number of benzene rings is 1. The van der Waals surface area contributed by atoms with Crippen LogP contribution >= 0.6 is 0 Å². The van der Waals surface area contributed by atoms with Crippen molar-refractivity contribution in [2.24, 2.45) is 15.9 Å². The molecule has 1 amide bonds. The van der Waals surface area contributed by atoms with Gasteiger partial charge in [0, 0.05) is 38.1 Å². The van der Waals surface area contributed by atoms with E-state index in [1.54, 1.807) is 7.11 Å². The topological polar surface area (TPSA) is 72.7 Å². The number of methoxy groups -OCH3 is 1. The average molecular weight is 436 g/mol. The van der Waals surface area contributed by atoms with Gasteiger partial charge in [-0.05, 0) is 56.0 Å². The lowest BCUT2D eigenvalue weighted by Gasteiger charge is -2.42. The van der Waals surface area contributed by atoms with Crippen molar-refractivity contribution in [1.29, 1.82) is 0 Å². The molecule has 0 saturated carbocycles. The number of carbonyl (C=O) groups is 1. The number of aliphatic imine (C=N–C) groups is 2. The van der Waals surface area contributed by atoms with E-state index in [4.69, 9.17) is 19.2 Å². The Hall–Kier alpha value is -2.67. The highest BCUT2D eigenvalue weighted by Gasteiger charge is 2.59. The van der Waals surface area contributed by atoms with Gasteiger partial charge in [0.2, 0.25) is 5.60 Å². The molecule has 168 valence electrons. The van der Waals surface area contributed by atoms with Crippen molar-refractivity contribution in [3.8, 4) is 5.75 Å². The average Bonchev–Trinajstić information content (AvgIpc) is 3.38. The SMILES string of the molecule is COc1ccc2c(c1)CC1(C2)OC(N2CCC3(CC2)OC(C)(C)C2N=CC=CC23)=NC1=O. The molecule has 0 radical (unpaired) electrons. The zero-order valence-corrected chi connectivity index (χ0v) is 18.8. The molecule has 1 aromatic carbocycles. The predicted molar refractivity (Wildman–Crippen MR) is 120 cm³/mol. The van der Waals surface area contributed by atoms with Gasteiger partial charge in [-0.15, -0.1) is 0 Å². The number of piperidine rings is 1. The Kier molecular flexibility index (Phi) is 4.16. The van der Waals surface area contributed by atoms with Crippen LogP contribution in [-0.4, -0.2) is 66.1 Å². The van der Waals surface area contributed by atoms with Crippen LogP contribution in [0.3, 0.4) is 0 Å². The second-order valence-electron chi connectivity index (χ2n) is 10.2. The van der Waals surface area contributed by atoms with E-state index < -0.39 is 5.60 Å². The second-order valence-corrected chi connectivity index (χ2v) is 10.2. The molecule has 32 heavy (non-hydrogen) atoms. The standard InChI is InChI=1S/C25H29N3O4/c1-23(2)20-19(5-4-10-26-20)24(32-23)8-11-28(12-9-24)22-27-21(29)25(31-22)14-16-6-7-18(30-3)13-17(16)15-25/h4-7,10,13,19-20H,8-9,11-12,14-15H2,1-3H3. The number of rotatable bonds is 1. The molecule has 5 aliphatic rings. The first-order valence-electron chi connectivity index (χ1n) is 11.5. The second kappa shape index (κ2) is 6.67. The van der Waals surface area contributed by atoms with E-state index in [0.29, 0.717) is 18.9 Å². The third kappa shape index (κ3) is 2.80. The van der Waals surface area contributed by atoms with Crippen molar-refractivity contribution in [3.63, 3.8) is 0 Å². The zero-order valence-electron chi connectivity index (χ0n) is 18.8. The number of carbonyl (C=O) groups excluding carboxylic acids is 1. The number of hydrogen-bond donors (Lipinski definition) is 0. The molecule has 2 saturated heterocycles. The van der Waals surface area contributed by atoms with Gasteiger partial charge in [0.15, 0.2) is 0 Å². The van der Waals surface area contributed by atoms with Crippen molar-refractivity contribution < 1.29 is 19.0 Å². The number of allylic oxidation sites excluding steroid dienone is 1. The quantitative estimate of drug-likeness (QED) is 0.678. The fourth-order valence-corrected chi connectivity index (χ4v) is 6.28. The molecule has 3 unspecified atom stereocenters. The number of likely N-dealkylation sites (tertiary alicyclic amines) is 1. The van der Waals surface area contributed by atoms with E-state index in [1.807, 2.05) is 30.5 Å². The number of nitrogens with zero attached hydrogens (tertiary/aromatic N) is 3. The Morgan fingerprint density at radius 3 is 2.72 bits per heavy atom. The summed E-state index contributed by atoms with van der Waals surface area (Å²) >= 11 is 0. The molecule has 4 heterocycles. The fraction of sp³-hybridized carbons (Fsp3) is 0.560. The molecule has 0 aromatic heterocycles. The first-order valence-corrected chi connectivity index (χ1v) is 11.5. The van der Waals surface area contributed by atoms with E-state index in [0.717, 1.165) is 42.8 Å². The van der Waals surface area contributed by atoms with Gasteiger partial charge in [-0.1, -0.05) is 12.1 Å². The zero-order chi connectivity index (χ0) is 22.1. The lowest BCUT2D eigenvalue weighted by atomic mass is 9.75. The van der Waals surface area contributed by atoms with Crippen LogP contribution in [0.2, 0.25) is 0 Å². The number of fused-ring (bicyclic) bond motifs is 3. The largest absolute Gasteiger partial charge is 0.497 e. The van der Waals surface area contributed by atoms with Gasteiger partial charge < -0.3 is 19.1 Å². The maximum atomic E-state index is 13.0. The Morgan fingerprint density at radius 1 is 1.16 bits per heavy atom. The van der Waals surface area contributed by atoms with E-state index in [2.05, 4.69) is 29.8 Å². The van der Waals surface area contributed by atoms with Crippen LogP contribution in [0.15, 0.2) is 40.3 Å². The van der Waals surface area contributed by atoms with Gasteiger partial charge in [-0.3, -0.25) is 9.79 Å². The summed E-state index contributed by atoms with van der Waals surface area (Å²) < 4.78 is 18.3. The lowest BCUT2D eigenvalue weighted by molar-refractivity contribution is -0.131. The minimum Gasteiger partial charge on any atom is -0.497 e. The first kappa shape index (κ1) is 20.0. The van der Waals surface area contributed by atoms with Crippen molar-refractivity contribution >= 4 is 18.1 Å². The molecule has 1 aliphatic carbocycles. The summed E-state index contributed by atoms with van der Waals surface area (Å²) in [6.07, 6.45) is 9.00. The molecule has 0 bridgehead atoms. The van der Waals surface area contributed by atoms with Crippen LogP contribution in [0.25, 0.3) is 0 Å². The van der Waals surface area contributed by atoms with Crippen molar-refractivity contribution in [2.75, 3.05) is 20.2 Å². The van der Waals surface area contributed by atoms with Crippen molar-refractivity contribution in [2.45, 2.75) is 62.4 Å². The lowest BCUT2D eigenvalue weighted by Crippen LogP contribution is -2.51. The summed E-state index contributed by atoms with van der Waals surface area (Å²) in [5, 5.41) is 0. The summed E-state index contributed by atoms with van der Waals surface area (Å²) in [5.41, 5.74) is 0.817. The molecule has 6 rings (SSSR count). The highest BCUT2D eigenvalue weighted by Crippen LogP contribution is 2.51. The molecule has 7 heteroatoms. The van der Waals surface area contributed by atoms with Crippen molar-refractivity contribution in [1.82, 2.24) is 4.90 Å². The number of dihydropyridines is 1. The third-order valence-corrected chi connectivity index (χ3v) is 7.90. The summed E-state index contributed by atoms with van der Waals surface area (Å²) in [6.45, 7) is 5.78. The van der Waals surface area contributed by atoms with Gasteiger partial charge >= 0.3 is 0 Å². The van der Waals surface area contributed by atoms with Crippen LogP contribution < -0.4 is 4.74 Å². The van der Waals surface area contributed by atoms with Gasteiger partial charge in [0.25, 0.3) is 11.9 Å². The molecule has 1 aromatic rings. The van der Waals surface area contributed by atoms with Crippen LogP contribution in [0, 0.1) is 5.92 Å². The van der Waals surface area contributed by atoms with E-state index in [1.165, 1.54) is 0 Å². The molecular formula is C25H29N3O4. The Labute approximate surface area is 188 Å². The number of amidine groups is 1. The molecule has 2 fully saturated rings. The van der Waals surface area contributed by atoms with Crippen molar-refractivity contribution in [3.05, 3.63) is 41.5 Å². The minimum absolute atomic E-state index is 0.151. The predicted octanol–water partition coefficient (Wildman–Crippen LogP) is 2.71. The highest BCUT2D eigenvalue weighted by atomic mass is 16.5. The monoisotopic (exact) mass is 435 g/mol. The molecule has 0 N–H and O–H groups in total. The van der Waals surface area contributed by atoms with E-state index in [-0.39, 0.29) is 29.1 Å². The third-order valence-electron chi connectivity index (χ3n) is 7.90. The molecule has 2 spiro atoms. The Morgan fingerprint density at radius 2 is 1.94 bits per heavy atom.